The summed E-state index contributed by atoms with van der Waals surface area (Å²) >= 11 is 9.53. The molecule has 0 fully saturated rings. The lowest BCUT2D eigenvalue weighted by molar-refractivity contribution is -0.138. The molecular formula is C15H13ClIN5O4S. The zero-order valence-electron chi connectivity index (χ0n) is 13.7. The molecule has 0 bridgehead atoms. The highest BCUT2D eigenvalue weighted by molar-refractivity contribution is 14.1. The molecule has 0 atom stereocenters. The van der Waals surface area contributed by atoms with Gasteiger partial charge in [0, 0.05) is 9.99 Å². The summed E-state index contributed by atoms with van der Waals surface area (Å²) in [5, 5.41) is 21.2. The number of aromatic nitrogens is 5. The van der Waals surface area contributed by atoms with E-state index in [4.69, 9.17) is 26.2 Å². The van der Waals surface area contributed by atoms with E-state index in [-0.39, 0.29) is 6.54 Å². The van der Waals surface area contributed by atoms with Crippen molar-refractivity contribution in [3.63, 3.8) is 0 Å². The van der Waals surface area contributed by atoms with Gasteiger partial charge in [0.15, 0.2) is 6.54 Å². The Labute approximate surface area is 176 Å². The monoisotopic (exact) mass is 521 g/mol. The molecule has 0 aliphatic heterocycles. The van der Waals surface area contributed by atoms with Gasteiger partial charge in [-0.3, -0.25) is 4.79 Å². The van der Waals surface area contributed by atoms with Crippen molar-refractivity contribution in [1.29, 1.82) is 0 Å². The fourth-order valence-corrected chi connectivity index (χ4v) is 3.30. The molecule has 0 saturated heterocycles. The SMILES string of the molecule is O=C(O)Cn1nnc(-c2cnc(OCCCOc3cc(I)ccc3Cl)s2)n1. The van der Waals surface area contributed by atoms with Gasteiger partial charge in [-0.15, -0.1) is 10.2 Å². The van der Waals surface area contributed by atoms with E-state index in [2.05, 4.69) is 43.0 Å². The van der Waals surface area contributed by atoms with Crippen LogP contribution in [-0.4, -0.2) is 49.5 Å². The number of halogens is 2. The van der Waals surface area contributed by atoms with Gasteiger partial charge in [0.1, 0.15) is 5.75 Å². The molecule has 1 aromatic carbocycles. The first-order valence-corrected chi connectivity index (χ1v) is 9.95. The summed E-state index contributed by atoms with van der Waals surface area (Å²) < 4.78 is 12.3. The standard InChI is InChI=1S/C15H13ClIN5O4S/c16-10-3-2-9(17)6-11(10)25-4-1-5-26-15-18-7-12(27-15)14-19-21-22(20-14)8-13(23)24/h2-3,6-7H,1,4-5,8H2,(H,23,24). The van der Waals surface area contributed by atoms with Crippen molar-refractivity contribution in [3.05, 3.63) is 33.0 Å². The fraction of sp³-hybridized carbons (Fsp3) is 0.267. The van der Waals surface area contributed by atoms with Gasteiger partial charge in [-0.25, -0.2) is 4.98 Å². The van der Waals surface area contributed by atoms with E-state index in [0.29, 0.717) is 46.3 Å². The number of benzene rings is 1. The first-order chi connectivity index (χ1) is 13.0. The van der Waals surface area contributed by atoms with E-state index in [1.165, 1.54) is 11.3 Å². The molecule has 0 aliphatic rings. The Kier molecular flexibility index (Phi) is 6.79. The Balaban J connectivity index is 1.45. The molecule has 27 heavy (non-hydrogen) atoms. The van der Waals surface area contributed by atoms with Crippen LogP contribution in [-0.2, 0) is 11.3 Å². The van der Waals surface area contributed by atoms with Gasteiger partial charge in [0.05, 0.1) is 29.3 Å². The molecule has 2 aromatic heterocycles. The average molecular weight is 522 g/mol. The summed E-state index contributed by atoms with van der Waals surface area (Å²) in [5.74, 6) is -0.0862. The molecule has 3 aromatic rings. The van der Waals surface area contributed by atoms with E-state index in [0.717, 1.165) is 8.37 Å². The summed E-state index contributed by atoms with van der Waals surface area (Å²) in [5.41, 5.74) is 0. The lowest BCUT2D eigenvalue weighted by atomic mass is 10.3. The summed E-state index contributed by atoms with van der Waals surface area (Å²) in [6.07, 6.45) is 2.22. The number of rotatable bonds is 9. The fourth-order valence-electron chi connectivity index (χ4n) is 1.95. The van der Waals surface area contributed by atoms with Crippen LogP contribution in [0.2, 0.25) is 5.02 Å². The van der Waals surface area contributed by atoms with Crippen molar-refractivity contribution in [3.8, 4) is 21.6 Å². The zero-order chi connectivity index (χ0) is 19.2. The van der Waals surface area contributed by atoms with E-state index >= 15 is 0 Å². The highest BCUT2D eigenvalue weighted by Crippen LogP contribution is 2.28. The van der Waals surface area contributed by atoms with E-state index in [9.17, 15) is 4.79 Å². The predicted octanol–water partition coefficient (Wildman–Crippen LogP) is 2.99. The molecular weight excluding hydrogens is 509 g/mol. The van der Waals surface area contributed by atoms with Crippen molar-refractivity contribution in [1.82, 2.24) is 25.2 Å². The van der Waals surface area contributed by atoms with Crippen LogP contribution in [0.4, 0.5) is 0 Å². The molecule has 0 saturated carbocycles. The highest BCUT2D eigenvalue weighted by Gasteiger charge is 2.12. The number of hydrogen-bond donors (Lipinski definition) is 1. The maximum atomic E-state index is 10.6. The largest absolute Gasteiger partial charge is 0.492 e. The summed E-state index contributed by atoms with van der Waals surface area (Å²) in [6, 6.07) is 5.59. The normalized spacial score (nSPS) is 10.7. The quantitative estimate of drug-likeness (QED) is 0.338. The minimum absolute atomic E-state index is 0.306. The Morgan fingerprint density at radius 2 is 2.15 bits per heavy atom. The number of carboxylic acids is 1. The number of nitrogens with zero attached hydrogens (tertiary/aromatic N) is 5. The van der Waals surface area contributed by atoms with Gasteiger partial charge in [-0.1, -0.05) is 22.9 Å². The molecule has 3 rings (SSSR count). The van der Waals surface area contributed by atoms with Gasteiger partial charge in [0.25, 0.3) is 5.19 Å². The minimum atomic E-state index is -1.04. The number of tetrazole rings is 1. The van der Waals surface area contributed by atoms with Crippen LogP contribution < -0.4 is 9.47 Å². The van der Waals surface area contributed by atoms with Crippen molar-refractivity contribution in [2.45, 2.75) is 13.0 Å². The first-order valence-electron chi connectivity index (χ1n) is 7.68. The molecule has 0 spiro atoms. The smallest absolute Gasteiger partial charge is 0.327 e. The Hall–Kier alpha value is -1.99. The topological polar surface area (TPSA) is 112 Å². The van der Waals surface area contributed by atoms with Crippen LogP contribution >= 0.6 is 45.5 Å². The van der Waals surface area contributed by atoms with Crippen molar-refractivity contribution >= 4 is 51.5 Å². The third-order valence-corrected chi connectivity index (χ3v) is 4.99. The van der Waals surface area contributed by atoms with Crippen LogP contribution in [0, 0.1) is 3.57 Å². The molecule has 12 heteroatoms. The van der Waals surface area contributed by atoms with Crippen LogP contribution in [0.15, 0.2) is 24.4 Å². The molecule has 1 N–H and O–H groups in total. The number of carbonyl (C=O) groups is 1. The Morgan fingerprint density at radius 3 is 2.96 bits per heavy atom. The highest BCUT2D eigenvalue weighted by atomic mass is 127. The van der Waals surface area contributed by atoms with Crippen molar-refractivity contribution < 1.29 is 19.4 Å². The maximum Gasteiger partial charge on any atom is 0.327 e. The number of thiazole rings is 1. The van der Waals surface area contributed by atoms with Gasteiger partial charge in [-0.05, 0) is 46.0 Å². The average Bonchev–Trinajstić information content (AvgIpc) is 3.26. The molecule has 0 aliphatic carbocycles. The lowest BCUT2D eigenvalue weighted by Crippen LogP contribution is -2.11. The summed E-state index contributed by atoms with van der Waals surface area (Å²) in [6.45, 7) is 0.538. The molecule has 142 valence electrons. The lowest BCUT2D eigenvalue weighted by Gasteiger charge is -2.08. The second-order valence-electron chi connectivity index (χ2n) is 5.15. The second kappa shape index (κ2) is 9.28. The Bertz CT molecular complexity index is 935. The number of hydrogen-bond acceptors (Lipinski definition) is 8. The number of carboxylic acid groups (broad SMARTS) is 1. The number of ether oxygens (including phenoxy) is 2. The van der Waals surface area contributed by atoms with Gasteiger partial charge in [0.2, 0.25) is 5.82 Å². The summed E-state index contributed by atoms with van der Waals surface area (Å²) in [4.78, 5) is 16.4. The molecule has 2 heterocycles. The van der Waals surface area contributed by atoms with Crippen LogP contribution in [0.5, 0.6) is 10.9 Å². The van der Waals surface area contributed by atoms with Gasteiger partial charge in [-0.2, -0.15) is 4.80 Å². The van der Waals surface area contributed by atoms with E-state index in [1.807, 2.05) is 12.1 Å². The predicted molar refractivity (Wildman–Crippen MR) is 106 cm³/mol. The van der Waals surface area contributed by atoms with Gasteiger partial charge < -0.3 is 14.6 Å². The third-order valence-electron chi connectivity index (χ3n) is 3.10. The molecule has 0 radical (unpaired) electrons. The van der Waals surface area contributed by atoms with Crippen LogP contribution in [0.3, 0.4) is 0 Å². The molecule has 0 unspecified atom stereocenters. The molecule has 9 nitrogen and oxygen atoms in total. The zero-order valence-corrected chi connectivity index (χ0v) is 17.4. The minimum Gasteiger partial charge on any atom is -0.492 e. The van der Waals surface area contributed by atoms with Gasteiger partial charge >= 0.3 is 5.97 Å². The van der Waals surface area contributed by atoms with E-state index in [1.54, 1.807) is 12.3 Å². The third kappa shape index (κ3) is 5.74. The molecule has 0 amide bonds. The van der Waals surface area contributed by atoms with E-state index < -0.39 is 5.97 Å². The summed E-state index contributed by atoms with van der Waals surface area (Å²) in [7, 11) is 0. The number of aliphatic carboxylic acids is 1. The maximum absolute atomic E-state index is 10.6. The van der Waals surface area contributed by atoms with Crippen LogP contribution in [0.1, 0.15) is 6.42 Å². The van der Waals surface area contributed by atoms with Crippen molar-refractivity contribution in [2.24, 2.45) is 0 Å². The van der Waals surface area contributed by atoms with Crippen molar-refractivity contribution in [2.75, 3.05) is 13.2 Å². The van der Waals surface area contributed by atoms with Crippen LogP contribution in [0.25, 0.3) is 10.7 Å². The Morgan fingerprint density at radius 1 is 1.33 bits per heavy atom. The second-order valence-corrected chi connectivity index (χ2v) is 7.80. The first kappa shape index (κ1) is 19.8.